The molecule has 0 aliphatic carbocycles. The highest BCUT2D eigenvalue weighted by molar-refractivity contribution is 9.10. The molecule has 0 saturated heterocycles. The van der Waals surface area contributed by atoms with Gasteiger partial charge >= 0.3 is 0 Å². The van der Waals surface area contributed by atoms with E-state index < -0.39 is 15.8 Å². The number of nitro benzene ring substituents is 2. The molecular formula is C75H120BrN15O13S2. The van der Waals surface area contributed by atoms with Gasteiger partial charge in [0.2, 0.25) is 0 Å². The molecule has 0 aliphatic heterocycles. The number of rotatable bonds is 27. The summed E-state index contributed by atoms with van der Waals surface area (Å²) < 4.78 is 23.8. The molecule has 0 fully saturated rings. The summed E-state index contributed by atoms with van der Waals surface area (Å²) in [5, 5.41) is 70.4. The summed E-state index contributed by atoms with van der Waals surface area (Å²) in [4.78, 5) is 50.2. The van der Waals surface area contributed by atoms with Crippen molar-refractivity contribution in [2.45, 2.75) is 89.0 Å². The second-order valence-corrected chi connectivity index (χ2v) is 26.2. The molecule has 0 radical (unpaired) electrons. The van der Waals surface area contributed by atoms with Crippen molar-refractivity contribution in [1.82, 2.24) is 39.8 Å². The van der Waals surface area contributed by atoms with Gasteiger partial charge in [-0.15, -0.1) is 0 Å². The van der Waals surface area contributed by atoms with Gasteiger partial charge in [0.25, 0.3) is 17.3 Å². The zero-order valence-corrected chi connectivity index (χ0v) is 65.6. The summed E-state index contributed by atoms with van der Waals surface area (Å²) in [6.07, 6.45) is 2.63. The molecule has 7 aromatic rings. The van der Waals surface area contributed by atoms with Crippen LogP contribution in [0.4, 0.5) is 34.1 Å². The number of aliphatic imine (C=N–C) groups is 1. The number of anilines is 3. The third-order valence-electron chi connectivity index (χ3n) is 15.1. The normalized spacial score (nSPS) is 10.2. The Labute approximate surface area is 648 Å². The van der Waals surface area contributed by atoms with Crippen LogP contribution < -0.4 is 44.9 Å². The molecule has 592 valence electrons. The summed E-state index contributed by atoms with van der Waals surface area (Å²) in [6.45, 7) is 16.4. The van der Waals surface area contributed by atoms with Crippen LogP contribution >= 0.6 is 40.4 Å². The topological polar surface area (TPSA) is 328 Å². The second kappa shape index (κ2) is 51.1. The van der Waals surface area contributed by atoms with Gasteiger partial charge in [-0.3, -0.25) is 40.1 Å². The number of non-ortho nitro benzene ring substituents is 2. The van der Waals surface area contributed by atoms with Crippen LogP contribution in [0.3, 0.4) is 0 Å². The van der Waals surface area contributed by atoms with E-state index in [1.807, 2.05) is 124 Å². The molecule has 6 aromatic carbocycles. The highest BCUT2D eigenvalue weighted by atomic mass is 79.9. The van der Waals surface area contributed by atoms with E-state index in [4.69, 9.17) is 37.0 Å². The number of aromatic amines is 1. The lowest BCUT2D eigenvalue weighted by atomic mass is 9.98. The fourth-order valence-electron chi connectivity index (χ4n) is 9.23. The Kier molecular flexibility index (Phi) is 48.7. The summed E-state index contributed by atoms with van der Waals surface area (Å²) in [6, 6.07) is 26.1. The van der Waals surface area contributed by atoms with Gasteiger partial charge in [0.1, 0.15) is 46.0 Å². The fourth-order valence-corrected chi connectivity index (χ4v) is 10.1. The fraction of sp³-hybridized carbons (Fsp3) is 0.467. The standard InChI is InChI=1S/C23H31N5O3S.C13H19N3OS.C12H19N3O3.C10H14N2O3.C7H6BrNO3.C6H15N.4CH4/c1-14(2)16-12-17(20(30)13-19(16)29)22-24-25-23(32)28(22)15-7-8-21(31-6)18(11-15)27(5)10-9-26(3)4;1-15(2)7-8-16(3)12-9-11(14-10-18)5-6-13(12)17-4;1-13(2)7-8-14(3)11-9-10(15(16)17)5-6-12(11)18-4;1-5(2)6-3-7(10(15)12-11)9(14)4-8(6)13;1-12-7-3-2-5(9(10)11)4-6(7)8;1-4-5-6-7(2)3;;;;/h7-8,11-14,29-30H,9-10H2,1-6H3,(H,25,32);2*5-6,9H,7-8H2,1-4H3;3-5,13-14H,11H2,1-2H3,(H,12,15);2-4H,1H3;4-6H2,1-3H3;4*1H4. The lowest BCUT2D eigenvalue weighted by Crippen LogP contribution is -2.30. The van der Waals surface area contributed by atoms with Crippen molar-refractivity contribution in [3.8, 4) is 63.1 Å². The molecule has 1 amide bonds. The highest BCUT2D eigenvalue weighted by Gasteiger charge is 2.22. The molecule has 1 heterocycles. The SMILES string of the molecule is C.C.C.C.CC(C)c1cc(C(=O)NN)c(O)cc1O.CCCCN(C)C.COc1ccc(-n2c(-c3cc(C(C)C)c(O)cc3O)n[nH]c2=S)cc1N(C)CCN(C)C.COc1ccc(N=C=S)cc1N(C)CCN(C)C.COc1ccc([N+](=O)[O-])cc1Br.COc1ccc([N+](=O)[O-])cc1N(C)CCN(C)C. The maximum absolute atomic E-state index is 11.2. The van der Waals surface area contributed by atoms with E-state index in [9.17, 15) is 45.4 Å². The number of nitro groups is 2. The molecule has 0 saturated carbocycles. The first kappa shape index (κ1) is 101. The third-order valence-corrected chi connectivity index (χ3v) is 16.1. The van der Waals surface area contributed by atoms with Gasteiger partial charge < -0.3 is 73.7 Å². The van der Waals surface area contributed by atoms with Gasteiger partial charge in [-0.05, 0) is 193 Å². The number of halogens is 1. The van der Waals surface area contributed by atoms with Crippen LogP contribution in [0.5, 0.6) is 46.0 Å². The number of nitrogen functional groups attached to an aromatic ring is 1. The zero-order chi connectivity index (χ0) is 77.2. The number of nitrogens with zero attached hydrogens (tertiary/aromatic N) is 12. The maximum atomic E-state index is 11.2. The zero-order valence-electron chi connectivity index (χ0n) is 62.4. The van der Waals surface area contributed by atoms with Crippen molar-refractivity contribution in [3.63, 3.8) is 0 Å². The molecule has 8 N–H and O–H groups in total. The number of hydrogen-bond acceptors (Lipinski definition) is 25. The minimum Gasteiger partial charge on any atom is -0.508 e. The molecule has 0 bridgehead atoms. The van der Waals surface area contributed by atoms with Crippen molar-refractivity contribution in [2.24, 2.45) is 10.8 Å². The Morgan fingerprint density at radius 3 is 1.40 bits per heavy atom. The maximum Gasteiger partial charge on any atom is 0.271 e. The monoisotopic (exact) mass is 1580 g/mol. The minimum atomic E-state index is -0.589. The number of nitrogens with one attached hydrogen (secondary N) is 2. The molecule has 7 rings (SSSR count). The number of carbonyl (C=O) groups excluding carboxylic acids is 1. The van der Waals surface area contributed by atoms with Crippen LogP contribution in [0.1, 0.15) is 110 Å². The first-order valence-corrected chi connectivity index (χ1v) is 33.9. The Morgan fingerprint density at radius 1 is 0.594 bits per heavy atom. The van der Waals surface area contributed by atoms with Crippen molar-refractivity contribution in [2.75, 3.05) is 166 Å². The van der Waals surface area contributed by atoms with Gasteiger partial charge in [0, 0.05) is 96.8 Å². The van der Waals surface area contributed by atoms with E-state index in [0.717, 1.165) is 90.8 Å². The molecule has 106 heavy (non-hydrogen) atoms. The molecule has 28 nitrogen and oxygen atoms in total. The third kappa shape index (κ3) is 32.7. The number of hydrogen-bond donors (Lipinski definition) is 7. The Morgan fingerprint density at radius 2 is 1.00 bits per heavy atom. The predicted octanol–water partition coefficient (Wildman–Crippen LogP) is 15.2. The van der Waals surface area contributed by atoms with Crippen LogP contribution in [0.25, 0.3) is 17.1 Å². The van der Waals surface area contributed by atoms with E-state index >= 15 is 0 Å². The number of aromatic hydroxyl groups is 4. The first-order chi connectivity index (χ1) is 48.0. The number of amides is 1. The Hall–Kier alpha value is -9.17. The average molecular weight is 1580 g/mol. The number of aromatic nitrogens is 3. The summed E-state index contributed by atoms with van der Waals surface area (Å²) in [7, 11) is 28.7. The first-order valence-electron chi connectivity index (χ1n) is 32.3. The molecule has 0 spiro atoms. The van der Waals surface area contributed by atoms with E-state index in [1.165, 1.54) is 62.9 Å². The molecule has 1 aromatic heterocycles. The number of isothiocyanates is 1. The predicted molar refractivity (Wildman–Crippen MR) is 444 cm³/mol. The molecular weight excluding hydrogens is 1460 g/mol. The van der Waals surface area contributed by atoms with Gasteiger partial charge in [0.05, 0.1) is 87.5 Å². The van der Waals surface area contributed by atoms with Crippen molar-refractivity contribution < 1.29 is 54.0 Å². The van der Waals surface area contributed by atoms with E-state index in [1.54, 1.807) is 44.1 Å². The Balaban J connectivity index is -0.00000126. The lowest BCUT2D eigenvalue weighted by molar-refractivity contribution is -0.385. The number of unbranched alkanes of at least 4 members (excludes halogenated alkanes) is 1. The Bertz CT molecular complexity index is 3840. The van der Waals surface area contributed by atoms with Crippen LogP contribution in [0.15, 0.2) is 107 Å². The smallest absolute Gasteiger partial charge is 0.271 e. The van der Waals surface area contributed by atoms with Crippen LogP contribution in [-0.2, 0) is 0 Å². The van der Waals surface area contributed by atoms with Crippen molar-refractivity contribution >= 4 is 85.6 Å². The number of phenols is 4. The second-order valence-electron chi connectivity index (χ2n) is 24.8. The number of H-pyrrole nitrogens is 1. The number of likely N-dealkylation sites (N-methyl/N-ethyl adjacent to an activating group) is 6. The van der Waals surface area contributed by atoms with Gasteiger partial charge in [-0.25, -0.2) is 5.84 Å². The number of methoxy groups -OCH3 is 4. The summed E-state index contributed by atoms with van der Waals surface area (Å²) in [5.41, 5.74) is 8.11. The number of hydrazine groups is 1. The molecule has 0 aliphatic rings. The van der Waals surface area contributed by atoms with Crippen molar-refractivity contribution in [3.05, 3.63) is 143 Å². The van der Waals surface area contributed by atoms with Crippen LogP contribution in [0, 0.1) is 25.0 Å². The van der Waals surface area contributed by atoms with Gasteiger partial charge in [-0.1, -0.05) is 70.7 Å². The number of benzene rings is 6. The van der Waals surface area contributed by atoms with Crippen molar-refractivity contribution in [1.29, 1.82) is 0 Å². The largest absolute Gasteiger partial charge is 0.508 e. The number of thiocarbonyl (C=S) groups is 1. The molecule has 0 atom stereocenters. The summed E-state index contributed by atoms with van der Waals surface area (Å²) in [5.74, 6) is 7.42. The van der Waals surface area contributed by atoms with E-state index in [0.29, 0.717) is 37.7 Å². The van der Waals surface area contributed by atoms with Gasteiger partial charge in [-0.2, -0.15) is 10.1 Å². The summed E-state index contributed by atoms with van der Waals surface area (Å²) >= 11 is 13.3. The van der Waals surface area contributed by atoms with Crippen LogP contribution in [0.2, 0.25) is 0 Å². The van der Waals surface area contributed by atoms with E-state index in [-0.39, 0.29) is 81.5 Å². The number of ether oxygens (including phenoxy) is 4. The minimum absolute atomic E-state index is 0. The van der Waals surface area contributed by atoms with E-state index in [2.05, 4.69) is 113 Å². The molecule has 31 heteroatoms. The van der Waals surface area contributed by atoms with Gasteiger partial charge in [0.15, 0.2) is 10.6 Å². The highest BCUT2D eigenvalue weighted by Crippen LogP contribution is 2.40. The molecule has 0 unspecified atom stereocenters. The number of carbonyl (C=O) groups is 1. The average Bonchev–Trinajstić information content (AvgIpc) is 1.53. The quantitative estimate of drug-likeness (QED) is 0.00628. The number of nitrogens with two attached hydrogens (primary N) is 1. The number of phenolic OH excluding ortho intramolecular Hbond substituents is 4. The van der Waals surface area contributed by atoms with Crippen LogP contribution in [-0.4, -0.2) is 227 Å². The lowest BCUT2D eigenvalue weighted by Gasteiger charge is -2.24.